The fourth-order valence-corrected chi connectivity index (χ4v) is 7.00. The first-order valence-electron chi connectivity index (χ1n) is 14.0. The summed E-state index contributed by atoms with van der Waals surface area (Å²) >= 11 is 5.21. The highest BCUT2D eigenvalue weighted by Gasteiger charge is 2.41. The number of carbonyl (C=O) groups excluding carboxylic acids is 1. The molecule has 0 spiro atoms. The molecule has 2 atom stereocenters. The summed E-state index contributed by atoms with van der Waals surface area (Å²) in [6.07, 6.45) is 5.10. The minimum atomic E-state index is -0.383. The molecule has 2 N–H and O–H groups in total. The number of amides is 1. The maximum Gasteiger partial charge on any atom is 0.225 e. The second-order valence-electron chi connectivity index (χ2n) is 11.0. The Bertz CT molecular complexity index is 1570. The first-order valence-corrected chi connectivity index (χ1v) is 15.6. The Hall–Kier alpha value is -3.00. The van der Waals surface area contributed by atoms with E-state index < -0.39 is 0 Å². The molecule has 2 fully saturated rings. The largest absolute Gasteiger partial charge is 0.379 e. The molecule has 216 valence electrons. The molecule has 1 aromatic carbocycles. The number of morpholine rings is 1. The quantitative estimate of drug-likeness (QED) is 0.294. The smallest absolute Gasteiger partial charge is 0.225 e. The van der Waals surface area contributed by atoms with Crippen LogP contribution in [0.4, 0.5) is 5.95 Å². The van der Waals surface area contributed by atoms with Gasteiger partial charge in [-0.05, 0) is 72.3 Å². The lowest BCUT2D eigenvalue weighted by molar-refractivity contribution is -0.129. The van der Waals surface area contributed by atoms with Crippen LogP contribution in [-0.4, -0.2) is 86.7 Å². The predicted octanol–water partition coefficient (Wildman–Crippen LogP) is 4.00. The molecular weight excluding hydrogens is 606 g/mol. The number of nitrogens with zero attached hydrogens (tertiary/aromatic N) is 7. The molecule has 0 unspecified atom stereocenters. The van der Waals surface area contributed by atoms with Gasteiger partial charge in [-0.1, -0.05) is 18.3 Å². The molecule has 4 aromatic rings. The minimum absolute atomic E-state index is 0.0803. The summed E-state index contributed by atoms with van der Waals surface area (Å²) in [6.45, 7) is 8.38. The predicted molar refractivity (Wildman–Crippen MR) is 162 cm³/mol. The van der Waals surface area contributed by atoms with E-state index in [1.807, 2.05) is 18.5 Å². The molecular formula is C28H34BrN9O2S. The van der Waals surface area contributed by atoms with Gasteiger partial charge in [-0.2, -0.15) is 10.1 Å². The van der Waals surface area contributed by atoms with E-state index in [9.17, 15) is 4.79 Å². The lowest BCUT2D eigenvalue weighted by Gasteiger charge is -2.26. The van der Waals surface area contributed by atoms with Crippen molar-refractivity contribution in [3.8, 4) is 16.3 Å². The molecule has 1 amide bonds. The van der Waals surface area contributed by atoms with Gasteiger partial charge in [0.05, 0.1) is 24.3 Å². The Kier molecular flexibility index (Phi) is 8.03. The number of hydrogen-bond acceptors (Lipinski definition) is 10. The van der Waals surface area contributed by atoms with Gasteiger partial charge in [0, 0.05) is 49.9 Å². The van der Waals surface area contributed by atoms with Crippen LogP contribution in [0.2, 0.25) is 0 Å². The molecule has 1 saturated carbocycles. The molecule has 4 heterocycles. The Morgan fingerprint density at radius 3 is 2.85 bits per heavy atom. The van der Waals surface area contributed by atoms with Gasteiger partial charge in [0.2, 0.25) is 11.9 Å². The van der Waals surface area contributed by atoms with E-state index in [-0.39, 0.29) is 17.4 Å². The summed E-state index contributed by atoms with van der Waals surface area (Å²) in [7, 11) is 1.69. The SMILES string of the molecule is CNC(=O)[C@]1(C)CC[C@@H](Nc2ncc3c(Br)nn(-c4ccc(-c5nnc(C)s5)c(CCN5CCOCC5)c4)c3n2)C1. The van der Waals surface area contributed by atoms with Crippen LogP contribution >= 0.6 is 27.3 Å². The normalized spacial score (nSPS) is 21.4. The third kappa shape index (κ3) is 5.85. The van der Waals surface area contributed by atoms with Gasteiger partial charge in [-0.3, -0.25) is 9.69 Å². The van der Waals surface area contributed by atoms with Crippen LogP contribution in [-0.2, 0) is 16.0 Å². The summed E-state index contributed by atoms with van der Waals surface area (Å²) < 4.78 is 8.09. The number of ether oxygens (including phenoxy) is 1. The van der Waals surface area contributed by atoms with Crippen LogP contribution in [0.15, 0.2) is 29.0 Å². The van der Waals surface area contributed by atoms with E-state index in [1.54, 1.807) is 24.6 Å². The second kappa shape index (κ2) is 11.7. The first kappa shape index (κ1) is 28.1. The van der Waals surface area contributed by atoms with Crippen molar-refractivity contribution in [2.24, 2.45) is 5.41 Å². The van der Waals surface area contributed by atoms with Crippen LogP contribution in [0, 0.1) is 12.3 Å². The number of hydrogen-bond donors (Lipinski definition) is 2. The topological polar surface area (TPSA) is 123 Å². The van der Waals surface area contributed by atoms with Crippen molar-refractivity contribution in [1.29, 1.82) is 0 Å². The molecule has 41 heavy (non-hydrogen) atoms. The number of rotatable bonds is 8. The number of aromatic nitrogens is 6. The van der Waals surface area contributed by atoms with Gasteiger partial charge in [0.1, 0.15) is 14.6 Å². The number of fused-ring (bicyclic) bond motifs is 1. The zero-order valence-corrected chi connectivity index (χ0v) is 25.9. The molecule has 1 saturated heterocycles. The highest BCUT2D eigenvalue weighted by Crippen LogP contribution is 2.39. The number of carbonyl (C=O) groups is 1. The number of benzene rings is 1. The summed E-state index contributed by atoms with van der Waals surface area (Å²) in [4.78, 5) is 24.3. The molecule has 6 rings (SSSR count). The number of nitrogens with one attached hydrogen (secondary N) is 2. The van der Waals surface area contributed by atoms with Crippen LogP contribution < -0.4 is 10.6 Å². The fourth-order valence-electron chi connectivity index (χ4n) is 5.81. The lowest BCUT2D eigenvalue weighted by atomic mass is 9.87. The molecule has 0 radical (unpaired) electrons. The van der Waals surface area contributed by atoms with Crippen molar-refractivity contribution >= 4 is 50.2 Å². The standard InChI is InChI=1S/C28H34BrN9O2S/c1-17-34-35-25(41-17)21-5-4-20(14-18(21)7-9-37-10-12-40-13-11-37)38-24-22(23(29)36-38)16-31-27(33-24)32-19-6-8-28(2,15-19)26(39)30-3/h4-5,14,16,19H,6-13,15H2,1-3H3,(H,30,39)(H,31,32,33)/t19-,28-/m1/s1. The Balaban J connectivity index is 1.31. The van der Waals surface area contributed by atoms with Gasteiger partial charge in [0.25, 0.3) is 0 Å². The van der Waals surface area contributed by atoms with E-state index in [2.05, 4.69) is 64.8 Å². The van der Waals surface area contributed by atoms with E-state index in [1.165, 1.54) is 5.56 Å². The summed E-state index contributed by atoms with van der Waals surface area (Å²) in [6, 6.07) is 6.48. The van der Waals surface area contributed by atoms with E-state index in [0.717, 1.165) is 85.2 Å². The van der Waals surface area contributed by atoms with Crippen molar-refractivity contribution in [2.75, 3.05) is 45.2 Å². The molecule has 11 nitrogen and oxygen atoms in total. The van der Waals surface area contributed by atoms with E-state index in [4.69, 9.17) is 14.8 Å². The monoisotopic (exact) mass is 639 g/mol. The van der Waals surface area contributed by atoms with Crippen molar-refractivity contribution in [3.63, 3.8) is 0 Å². The first-order chi connectivity index (χ1) is 19.8. The molecule has 3 aromatic heterocycles. The van der Waals surface area contributed by atoms with Crippen molar-refractivity contribution < 1.29 is 9.53 Å². The average Bonchev–Trinajstić information content (AvgIpc) is 3.69. The molecule has 2 aliphatic rings. The lowest BCUT2D eigenvalue weighted by Crippen LogP contribution is -2.37. The third-order valence-corrected chi connectivity index (χ3v) is 9.58. The van der Waals surface area contributed by atoms with Crippen molar-refractivity contribution in [3.05, 3.63) is 39.6 Å². The molecule has 13 heteroatoms. The molecule has 1 aliphatic heterocycles. The van der Waals surface area contributed by atoms with E-state index >= 15 is 0 Å². The van der Waals surface area contributed by atoms with Gasteiger partial charge in [0.15, 0.2) is 5.65 Å². The highest BCUT2D eigenvalue weighted by atomic mass is 79.9. The van der Waals surface area contributed by atoms with Gasteiger partial charge < -0.3 is 15.4 Å². The Morgan fingerprint density at radius 2 is 2.10 bits per heavy atom. The number of aryl methyl sites for hydroxylation is 1. The fraction of sp³-hybridized carbons (Fsp3) is 0.500. The zero-order valence-electron chi connectivity index (χ0n) is 23.5. The van der Waals surface area contributed by atoms with Crippen LogP contribution in [0.3, 0.4) is 0 Å². The third-order valence-electron chi connectivity index (χ3n) is 8.12. The highest BCUT2D eigenvalue weighted by molar-refractivity contribution is 9.10. The van der Waals surface area contributed by atoms with E-state index in [0.29, 0.717) is 16.2 Å². The average molecular weight is 641 g/mol. The van der Waals surface area contributed by atoms with Crippen molar-refractivity contribution in [2.45, 2.75) is 45.6 Å². The van der Waals surface area contributed by atoms with Crippen molar-refractivity contribution in [1.82, 2.24) is 40.2 Å². The van der Waals surface area contributed by atoms with Crippen LogP contribution in [0.5, 0.6) is 0 Å². The maximum absolute atomic E-state index is 12.4. The van der Waals surface area contributed by atoms with Crippen LogP contribution in [0.1, 0.15) is 36.8 Å². The minimum Gasteiger partial charge on any atom is -0.379 e. The Morgan fingerprint density at radius 1 is 1.27 bits per heavy atom. The van der Waals surface area contributed by atoms with Gasteiger partial charge >= 0.3 is 0 Å². The van der Waals surface area contributed by atoms with Gasteiger partial charge in [-0.15, -0.1) is 10.2 Å². The number of anilines is 1. The Labute approximate surface area is 251 Å². The second-order valence-corrected chi connectivity index (χ2v) is 13.0. The number of halogens is 1. The molecule has 1 aliphatic carbocycles. The summed E-state index contributed by atoms with van der Waals surface area (Å²) in [5.74, 6) is 0.613. The summed E-state index contributed by atoms with van der Waals surface area (Å²) in [5.41, 5.74) is 3.53. The van der Waals surface area contributed by atoms with Gasteiger partial charge in [-0.25, -0.2) is 9.67 Å². The zero-order chi connectivity index (χ0) is 28.6. The van der Waals surface area contributed by atoms with Crippen LogP contribution in [0.25, 0.3) is 27.3 Å². The maximum atomic E-state index is 12.4. The molecule has 0 bridgehead atoms. The summed E-state index contributed by atoms with van der Waals surface area (Å²) in [5, 5.41) is 22.4.